The highest BCUT2D eigenvalue weighted by Crippen LogP contribution is 2.37. The first-order valence-corrected chi connectivity index (χ1v) is 12.1. The van der Waals surface area contributed by atoms with Crippen LogP contribution in [0.4, 0.5) is 0 Å². The van der Waals surface area contributed by atoms with Gasteiger partial charge in [-0.25, -0.2) is 0 Å². The van der Waals surface area contributed by atoms with E-state index in [4.69, 9.17) is 13.9 Å². The third-order valence-electron chi connectivity index (χ3n) is 5.78. The number of hydrogen-bond donors (Lipinski definition) is 3. The second-order valence-corrected chi connectivity index (χ2v) is 13.0. The quantitative estimate of drug-likeness (QED) is 0.591. The Labute approximate surface area is 179 Å². The molecule has 0 amide bonds. The van der Waals surface area contributed by atoms with Crippen LogP contribution in [0.3, 0.4) is 0 Å². The van der Waals surface area contributed by atoms with Crippen LogP contribution < -0.4 is 10.4 Å². The lowest BCUT2D eigenvalue weighted by Crippen LogP contribution is -2.68. The molecule has 0 aliphatic carbocycles. The maximum absolute atomic E-state index is 10.5. The summed E-state index contributed by atoms with van der Waals surface area (Å²) in [6, 6.07) is 20.3. The standard InChI is InChI=1S/C23H32O6Si/c1-23(2,3)30(16-11-7-5-8-12-16,17-13-9-6-10-14-17)28-15-18-19(24)20(25)21(26)22(27-4)29-18/h5-14,18-22,24-26H,15H2,1-4H3/t18-,19-,20+,21+,22-/m1/s1. The van der Waals surface area contributed by atoms with Gasteiger partial charge in [-0.1, -0.05) is 81.4 Å². The topological polar surface area (TPSA) is 88.4 Å². The first kappa shape index (κ1) is 23.1. The number of ether oxygens (including phenoxy) is 2. The molecule has 30 heavy (non-hydrogen) atoms. The van der Waals surface area contributed by atoms with Gasteiger partial charge in [-0.15, -0.1) is 0 Å². The van der Waals surface area contributed by atoms with Gasteiger partial charge in [0, 0.05) is 7.11 Å². The van der Waals surface area contributed by atoms with Crippen LogP contribution in [0.5, 0.6) is 0 Å². The number of benzene rings is 2. The van der Waals surface area contributed by atoms with Gasteiger partial charge in [0.1, 0.15) is 24.4 Å². The number of methoxy groups -OCH3 is 1. The summed E-state index contributed by atoms with van der Waals surface area (Å²) in [5, 5.41) is 32.8. The highest BCUT2D eigenvalue weighted by molar-refractivity contribution is 6.99. The SMILES string of the molecule is CO[C@@H]1O[C@H](CO[Si](c2ccccc2)(c2ccccc2)C(C)(C)C)[C@@H](O)[C@H](O)[C@@H]1O. The number of rotatable bonds is 6. The maximum Gasteiger partial charge on any atom is 0.261 e. The second kappa shape index (κ2) is 9.28. The van der Waals surface area contributed by atoms with Crippen LogP contribution in [0.15, 0.2) is 60.7 Å². The van der Waals surface area contributed by atoms with Gasteiger partial charge in [-0.3, -0.25) is 0 Å². The Morgan fingerprint density at radius 3 is 1.77 bits per heavy atom. The molecule has 0 unspecified atom stereocenters. The predicted octanol–water partition coefficient (Wildman–Crippen LogP) is 1.02. The summed E-state index contributed by atoms with van der Waals surface area (Å²) in [6.45, 7) is 6.54. The average molecular weight is 433 g/mol. The summed E-state index contributed by atoms with van der Waals surface area (Å²) in [4.78, 5) is 0. The van der Waals surface area contributed by atoms with E-state index in [0.29, 0.717) is 0 Å². The van der Waals surface area contributed by atoms with Crippen molar-refractivity contribution in [3.05, 3.63) is 60.7 Å². The highest BCUT2D eigenvalue weighted by atomic mass is 28.4. The Hall–Kier alpha value is -1.58. The van der Waals surface area contributed by atoms with Crippen molar-refractivity contribution in [2.24, 2.45) is 0 Å². The van der Waals surface area contributed by atoms with Gasteiger partial charge >= 0.3 is 0 Å². The average Bonchev–Trinajstić information content (AvgIpc) is 2.74. The molecule has 164 valence electrons. The van der Waals surface area contributed by atoms with Gasteiger partial charge in [0.15, 0.2) is 6.29 Å². The van der Waals surface area contributed by atoms with E-state index in [2.05, 4.69) is 45.0 Å². The molecule has 2 aromatic rings. The van der Waals surface area contributed by atoms with Gasteiger partial charge < -0.3 is 29.2 Å². The van der Waals surface area contributed by atoms with Crippen LogP contribution in [-0.2, 0) is 13.9 Å². The number of aliphatic hydroxyl groups excluding tert-OH is 3. The fourth-order valence-corrected chi connectivity index (χ4v) is 8.79. The molecule has 5 atom stereocenters. The van der Waals surface area contributed by atoms with E-state index < -0.39 is 39.0 Å². The lowest BCUT2D eigenvalue weighted by atomic mass is 9.99. The van der Waals surface area contributed by atoms with E-state index in [9.17, 15) is 15.3 Å². The van der Waals surface area contributed by atoms with Gasteiger partial charge in [-0.05, 0) is 15.4 Å². The highest BCUT2D eigenvalue weighted by Gasteiger charge is 2.52. The second-order valence-electron chi connectivity index (χ2n) is 8.72. The van der Waals surface area contributed by atoms with Crippen molar-refractivity contribution >= 4 is 18.7 Å². The Bertz CT molecular complexity index is 753. The molecule has 0 saturated carbocycles. The van der Waals surface area contributed by atoms with E-state index in [0.717, 1.165) is 10.4 Å². The van der Waals surface area contributed by atoms with E-state index in [-0.39, 0.29) is 11.6 Å². The van der Waals surface area contributed by atoms with E-state index in [1.165, 1.54) is 7.11 Å². The molecule has 0 bridgehead atoms. The Morgan fingerprint density at radius 1 is 0.833 bits per heavy atom. The van der Waals surface area contributed by atoms with Crippen molar-refractivity contribution in [2.45, 2.75) is 56.5 Å². The monoisotopic (exact) mass is 432 g/mol. The van der Waals surface area contributed by atoms with Crippen molar-refractivity contribution < 1.29 is 29.2 Å². The molecule has 3 rings (SSSR count). The third-order valence-corrected chi connectivity index (χ3v) is 10.8. The van der Waals surface area contributed by atoms with Crippen molar-refractivity contribution in [1.82, 2.24) is 0 Å². The Morgan fingerprint density at radius 2 is 1.33 bits per heavy atom. The summed E-state index contributed by atoms with van der Waals surface area (Å²) >= 11 is 0. The van der Waals surface area contributed by atoms with Crippen LogP contribution in [-0.4, -0.2) is 68.1 Å². The van der Waals surface area contributed by atoms with Gasteiger partial charge in [0.2, 0.25) is 0 Å². The molecule has 1 saturated heterocycles. The fraction of sp³-hybridized carbons (Fsp3) is 0.478. The van der Waals surface area contributed by atoms with Crippen molar-refractivity contribution in [2.75, 3.05) is 13.7 Å². The van der Waals surface area contributed by atoms with Gasteiger partial charge in [-0.2, -0.15) is 0 Å². The molecule has 3 N–H and O–H groups in total. The number of aliphatic hydroxyl groups is 3. The molecular formula is C23H32O6Si. The largest absolute Gasteiger partial charge is 0.405 e. The number of hydrogen-bond acceptors (Lipinski definition) is 6. The minimum absolute atomic E-state index is 0.0537. The first-order chi connectivity index (χ1) is 14.2. The molecule has 2 aromatic carbocycles. The summed E-state index contributed by atoms with van der Waals surface area (Å²) in [7, 11) is -1.42. The van der Waals surface area contributed by atoms with Crippen LogP contribution >= 0.6 is 0 Å². The molecule has 7 heteroatoms. The zero-order valence-electron chi connectivity index (χ0n) is 17.9. The lowest BCUT2D eigenvalue weighted by molar-refractivity contribution is -0.293. The normalized spacial score (nSPS) is 27.8. The summed E-state index contributed by atoms with van der Waals surface area (Å²) < 4.78 is 17.6. The molecule has 6 nitrogen and oxygen atoms in total. The van der Waals surface area contributed by atoms with Crippen LogP contribution in [0, 0.1) is 0 Å². The zero-order valence-corrected chi connectivity index (χ0v) is 18.9. The Kier molecular flexibility index (Phi) is 7.14. The zero-order chi connectivity index (χ0) is 21.9. The summed E-state index contributed by atoms with van der Waals surface area (Å²) in [6.07, 6.45) is -5.86. The van der Waals surface area contributed by atoms with Gasteiger partial charge in [0.25, 0.3) is 8.32 Å². The molecule has 0 spiro atoms. The lowest BCUT2D eigenvalue weighted by Gasteiger charge is -2.45. The molecule has 1 fully saturated rings. The van der Waals surface area contributed by atoms with E-state index in [1.807, 2.05) is 36.4 Å². The maximum atomic E-state index is 10.5. The third kappa shape index (κ3) is 4.24. The predicted molar refractivity (Wildman–Crippen MR) is 117 cm³/mol. The molecule has 1 aliphatic rings. The van der Waals surface area contributed by atoms with Crippen molar-refractivity contribution in [3.8, 4) is 0 Å². The minimum atomic E-state index is -2.81. The van der Waals surface area contributed by atoms with Crippen LogP contribution in [0.1, 0.15) is 20.8 Å². The molecule has 0 radical (unpaired) electrons. The Balaban J connectivity index is 2.00. The van der Waals surface area contributed by atoms with Crippen LogP contribution in [0.2, 0.25) is 5.04 Å². The smallest absolute Gasteiger partial charge is 0.261 e. The minimum Gasteiger partial charge on any atom is -0.405 e. The molecular weight excluding hydrogens is 400 g/mol. The summed E-state index contributed by atoms with van der Waals surface area (Å²) in [5.41, 5.74) is 0. The van der Waals surface area contributed by atoms with Crippen molar-refractivity contribution in [3.63, 3.8) is 0 Å². The van der Waals surface area contributed by atoms with E-state index >= 15 is 0 Å². The molecule has 0 aromatic heterocycles. The summed E-state index contributed by atoms with van der Waals surface area (Å²) in [5.74, 6) is 0. The fourth-order valence-electron chi connectivity index (χ4n) is 4.22. The first-order valence-electron chi connectivity index (χ1n) is 10.2. The molecule has 1 heterocycles. The van der Waals surface area contributed by atoms with E-state index in [1.54, 1.807) is 0 Å². The molecule has 1 aliphatic heterocycles. The van der Waals surface area contributed by atoms with Gasteiger partial charge in [0.05, 0.1) is 6.61 Å². The van der Waals surface area contributed by atoms with Crippen molar-refractivity contribution in [1.29, 1.82) is 0 Å². The van der Waals surface area contributed by atoms with Crippen LogP contribution in [0.25, 0.3) is 0 Å².